The largest absolute Gasteiger partial charge is 0.493 e. The van der Waals surface area contributed by atoms with E-state index in [9.17, 15) is 18.0 Å². The lowest BCUT2D eigenvalue weighted by molar-refractivity contribution is -0.173. The third-order valence-electron chi connectivity index (χ3n) is 8.08. The van der Waals surface area contributed by atoms with Crippen molar-refractivity contribution in [3.05, 3.63) is 59.7 Å². The number of alkyl halides is 3. The Balaban J connectivity index is 1.29. The Morgan fingerprint density at radius 3 is 2.44 bits per heavy atom. The molecule has 2 saturated heterocycles. The number of likely N-dealkylation sites (tertiary alicyclic amines) is 1. The summed E-state index contributed by atoms with van der Waals surface area (Å²) in [6.07, 6.45) is -4.74. The number of hydrogen-bond donors (Lipinski definition) is 2. The molecule has 0 saturated carbocycles. The summed E-state index contributed by atoms with van der Waals surface area (Å²) in [6.45, 7) is 3.28. The lowest BCUT2D eigenvalue weighted by Gasteiger charge is -2.33. The molecule has 1 amide bonds. The van der Waals surface area contributed by atoms with Crippen LogP contribution < -0.4 is 20.1 Å². The number of anilines is 1. The van der Waals surface area contributed by atoms with Crippen molar-refractivity contribution < 1.29 is 27.4 Å². The van der Waals surface area contributed by atoms with Gasteiger partial charge in [-0.3, -0.25) is 4.79 Å². The van der Waals surface area contributed by atoms with E-state index >= 15 is 0 Å². The summed E-state index contributed by atoms with van der Waals surface area (Å²) in [6, 6.07) is 11.3. The van der Waals surface area contributed by atoms with Gasteiger partial charge in [0.25, 0.3) is 5.91 Å². The maximum absolute atomic E-state index is 14.2. The first-order valence-electron chi connectivity index (χ1n) is 13.0. The molecule has 11 heteroatoms. The number of aromatic nitrogens is 2. The van der Waals surface area contributed by atoms with Crippen LogP contribution in [0.3, 0.4) is 0 Å². The summed E-state index contributed by atoms with van der Waals surface area (Å²) in [4.78, 5) is 15.1. The molecule has 3 aliphatic rings. The zero-order chi connectivity index (χ0) is 27.3. The minimum absolute atomic E-state index is 0.0602. The number of nitrogens with one attached hydrogen (secondary N) is 2. The fourth-order valence-corrected chi connectivity index (χ4v) is 6.02. The van der Waals surface area contributed by atoms with Gasteiger partial charge in [0.1, 0.15) is 5.82 Å². The third kappa shape index (κ3) is 4.69. The highest BCUT2D eigenvalue weighted by Crippen LogP contribution is 2.45. The summed E-state index contributed by atoms with van der Waals surface area (Å²) >= 11 is 0. The van der Waals surface area contributed by atoms with Gasteiger partial charge in [-0.05, 0) is 41.7 Å². The Morgan fingerprint density at radius 2 is 1.74 bits per heavy atom. The first-order valence-corrected chi connectivity index (χ1v) is 13.0. The molecule has 2 N–H and O–H groups in total. The van der Waals surface area contributed by atoms with Crippen LogP contribution in [0.5, 0.6) is 11.5 Å². The average Bonchev–Trinajstić information content (AvgIpc) is 3.66. The smallest absolute Gasteiger partial charge is 0.410 e. The number of rotatable bonds is 5. The van der Waals surface area contributed by atoms with E-state index < -0.39 is 18.3 Å². The van der Waals surface area contributed by atoms with Gasteiger partial charge < -0.3 is 25.0 Å². The van der Waals surface area contributed by atoms with E-state index in [0.29, 0.717) is 58.8 Å². The van der Waals surface area contributed by atoms with Crippen LogP contribution in [0.2, 0.25) is 0 Å². The van der Waals surface area contributed by atoms with Gasteiger partial charge in [0.2, 0.25) is 0 Å². The van der Waals surface area contributed by atoms with Gasteiger partial charge in [0.15, 0.2) is 17.5 Å². The Hall–Kier alpha value is -3.73. The molecule has 0 spiro atoms. The van der Waals surface area contributed by atoms with Crippen molar-refractivity contribution in [2.75, 3.05) is 45.7 Å². The molecule has 39 heavy (non-hydrogen) atoms. The molecule has 6 rings (SSSR count). The lowest BCUT2D eigenvalue weighted by atomic mass is 9.96. The number of fused-ring (bicyclic) bond motifs is 2. The maximum Gasteiger partial charge on any atom is 0.410 e. The summed E-state index contributed by atoms with van der Waals surface area (Å²) in [5.74, 6) is 2.09. The fraction of sp³-hybridized carbons (Fsp3) is 0.429. The number of hydrogen-bond acceptors (Lipinski definition) is 6. The van der Waals surface area contributed by atoms with E-state index in [1.807, 2.05) is 4.90 Å². The molecule has 0 radical (unpaired) electrons. The lowest BCUT2D eigenvalue weighted by Crippen LogP contribution is -2.35. The van der Waals surface area contributed by atoms with E-state index in [1.165, 1.54) is 14.2 Å². The van der Waals surface area contributed by atoms with Gasteiger partial charge in [0.05, 0.1) is 26.0 Å². The monoisotopic (exact) mass is 541 g/mol. The maximum atomic E-state index is 14.2. The molecule has 2 fully saturated rings. The Labute approximate surface area is 224 Å². The number of carbonyl (C=O) groups is 1. The standard InChI is InChI=1S/C28H30F3N5O3/c1-38-23-7-6-17(9-24(23)39-2)21-10-25(28(29,30)31)36-26(33-21)11-22(34-36)16-4-3-5-18(8-16)27(37)35-14-19-12-32-13-20(19)15-35/h3-9,11,19-21,25,32-33H,10,12-15H2,1-2H3/t19?,20?,21-,25+/m1/s1. The van der Waals surface area contributed by atoms with Gasteiger partial charge in [-0.15, -0.1) is 0 Å². The molecule has 4 atom stereocenters. The molecule has 3 aliphatic heterocycles. The summed E-state index contributed by atoms with van der Waals surface area (Å²) in [7, 11) is 2.99. The van der Waals surface area contributed by atoms with Crippen molar-refractivity contribution in [2.24, 2.45) is 11.8 Å². The van der Waals surface area contributed by atoms with Gasteiger partial charge in [-0.1, -0.05) is 18.2 Å². The number of carbonyl (C=O) groups excluding carboxylic acids is 1. The van der Waals surface area contributed by atoms with Crippen LogP contribution in [0.15, 0.2) is 48.5 Å². The van der Waals surface area contributed by atoms with Crippen LogP contribution in [0.25, 0.3) is 11.3 Å². The van der Waals surface area contributed by atoms with Gasteiger partial charge in [-0.2, -0.15) is 18.3 Å². The second kappa shape index (κ2) is 9.78. The zero-order valence-electron chi connectivity index (χ0n) is 21.7. The zero-order valence-corrected chi connectivity index (χ0v) is 21.7. The van der Waals surface area contributed by atoms with Crippen molar-refractivity contribution in [1.29, 1.82) is 0 Å². The first kappa shape index (κ1) is 25.5. The molecule has 1 aromatic heterocycles. The number of benzene rings is 2. The molecular formula is C28H30F3N5O3. The number of amides is 1. The van der Waals surface area contributed by atoms with Crippen molar-refractivity contribution in [3.8, 4) is 22.8 Å². The highest BCUT2D eigenvalue weighted by molar-refractivity contribution is 5.95. The Bertz CT molecular complexity index is 1380. The van der Waals surface area contributed by atoms with E-state index in [-0.39, 0.29) is 18.1 Å². The minimum atomic E-state index is -4.50. The van der Waals surface area contributed by atoms with Crippen LogP contribution in [0.4, 0.5) is 19.0 Å². The van der Waals surface area contributed by atoms with E-state index in [4.69, 9.17) is 9.47 Å². The Kier molecular flexibility index (Phi) is 6.41. The molecule has 3 aromatic rings. The fourth-order valence-electron chi connectivity index (χ4n) is 6.02. The summed E-state index contributed by atoms with van der Waals surface area (Å²) in [5, 5.41) is 11.0. The van der Waals surface area contributed by atoms with Crippen LogP contribution in [0.1, 0.15) is 34.4 Å². The second-order valence-electron chi connectivity index (χ2n) is 10.4. The third-order valence-corrected chi connectivity index (χ3v) is 8.08. The summed E-state index contributed by atoms with van der Waals surface area (Å²) in [5.41, 5.74) is 2.12. The molecule has 2 unspecified atom stereocenters. The van der Waals surface area contributed by atoms with Gasteiger partial charge in [0, 0.05) is 49.8 Å². The van der Waals surface area contributed by atoms with E-state index in [2.05, 4.69) is 15.7 Å². The quantitative estimate of drug-likeness (QED) is 0.495. The second-order valence-corrected chi connectivity index (χ2v) is 10.4. The SMILES string of the molecule is COc1ccc([C@H]2C[C@@H](C(F)(F)F)n3nc(-c4cccc(C(=O)N5CC6CNCC6C5)c4)cc3N2)cc1OC. The number of nitrogens with zero attached hydrogens (tertiary/aromatic N) is 3. The number of ether oxygens (including phenoxy) is 2. The van der Waals surface area contributed by atoms with Crippen molar-refractivity contribution in [1.82, 2.24) is 20.0 Å². The van der Waals surface area contributed by atoms with E-state index in [0.717, 1.165) is 17.8 Å². The topological polar surface area (TPSA) is 80.7 Å². The molecule has 4 heterocycles. The van der Waals surface area contributed by atoms with Gasteiger partial charge >= 0.3 is 6.18 Å². The number of halogens is 3. The van der Waals surface area contributed by atoms with Crippen LogP contribution in [-0.4, -0.2) is 67.2 Å². The predicted molar refractivity (Wildman–Crippen MR) is 139 cm³/mol. The van der Waals surface area contributed by atoms with E-state index in [1.54, 1.807) is 48.5 Å². The minimum Gasteiger partial charge on any atom is -0.493 e. The van der Waals surface area contributed by atoms with Crippen molar-refractivity contribution in [3.63, 3.8) is 0 Å². The highest BCUT2D eigenvalue weighted by atomic mass is 19.4. The van der Waals surface area contributed by atoms with Gasteiger partial charge in [-0.25, -0.2) is 4.68 Å². The van der Waals surface area contributed by atoms with Crippen molar-refractivity contribution >= 4 is 11.7 Å². The number of methoxy groups -OCH3 is 2. The highest BCUT2D eigenvalue weighted by Gasteiger charge is 2.47. The normalized spacial score (nSPS) is 24.2. The van der Waals surface area contributed by atoms with Crippen molar-refractivity contribution in [2.45, 2.75) is 24.7 Å². The molecule has 2 aromatic carbocycles. The first-order chi connectivity index (χ1) is 18.7. The van der Waals surface area contributed by atoms with Crippen LogP contribution in [-0.2, 0) is 0 Å². The molecule has 8 nitrogen and oxygen atoms in total. The van der Waals surface area contributed by atoms with Crippen LogP contribution in [0, 0.1) is 11.8 Å². The molecule has 206 valence electrons. The molecular weight excluding hydrogens is 511 g/mol. The predicted octanol–water partition coefficient (Wildman–Crippen LogP) is 4.52. The molecule has 0 bridgehead atoms. The van der Waals surface area contributed by atoms with Crippen LogP contribution >= 0.6 is 0 Å². The summed E-state index contributed by atoms with van der Waals surface area (Å²) < 4.78 is 54.3. The average molecular weight is 542 g/mol. The molecule has 0 aliphatic carbocycles. The Morgan fingerprint density at radius 1 is 1.00 bits per heavy atom.